The van der Waals surface area contributed by atoms with Crippen LogP contribution in [0.3, 0.4) is 0 Å². The first-order chi connectivity index (χ1) is 15.2. The number of hydrogen-bond acceptors (Lipinski definition) is 6. The van der Waals surface area contributed by atoms with E-state index in [1.54, 1.807) is 0 Å². The Morgan fingerprint density at radius 1 is 1.00 bits per heavy atom. The fourth-order valence-electron chi connectivity index (χ4n) is 3.99. The van der Waals surface area contributed by atoms with Gasteiger partial charge in [-0.15, -0.1) is 16.4 Å². The Kier molecular flexibility index (Phi) is 5.41. The highest BCUT2D eigenvalue weighted by Gasteiger charge is 2.33. The molecule has 3 aromatic heterocycles. The fourth-order valence-corrected chi connectivity index (χ4v) is 5.64. The average Bonchev–Trinajstić information content (AvgIpc) is 3.53. The Balaban J connectivity index is 1.55. The van der Waals surface area contributed by atoms with Crippen LogP contribution < -0.4 is 15.0 Å². The lowest BCUT2D eigenvalue weighted by Crippen LogP contribution is -2.33. The second kappa shape index (κ2) is 8.36. The lowest BCUT2D eigenvalue weighted by Gasteiger charge is -2.16. The second-order valence-corrected chi connectivity index (χ2v) is 9.53. The average molecular weight is 451 g/mol. The zero-order chi connectivity index (χ0) is 21.4. The van der Waals surface area contributed by atoms with Crippen LogP contribution >= 0.6 is 22.7 Å². The number of hydrogen-bond donors (Lipinski definition) is 0. The summed E-state index contributed by atoms with van der Waals surface area (Å²) >= 11 is 2.77. The Morgan fingerprint density at radius 3 is 2.61 bits per heavy atom. The molecule has 6 nitrogen and oxygen atoms in total. The van der Waals surface area contributed by atoms with E-state index in [1.165, 1.54) is 46.5 Å². The van der Waals surface area contributed by atoms with Crippen LogP contribution in [0.25, 0.3) is 21.2 Å². The number of carbonyl (C=O) groups is 1. The van der Waals surface area contributed by atoms with E-state index in [4.69, 9.17) is 0 Å². The van der Waals surface area contributed by atoms with Crippen molar-refractivity contribution in [2.24, 2.45) is 0 Å². The molecule has 4 heterocycles. The summed E-state index contributed by atoms with van der Waals surface area (Å²) < 4.78 is 1.74. The molecule has 5 rings (SSSR count). The minimum atomic E-state index is -0.279. The summed E-state index contributed by atoms with van der Waals surface area (Å²) in [4.78, 5) is 34.4. The molecule has 8 heteroatoms. The SMILES string of the molecule is CCCCCCCN1C(=O)/C(=c2\sc3nc(-c4cccs4)nn3c2=O)c2ccccc21. The maximum absolute atomic E-state index is 13.4. The summed E-state index contributed by atoms with van der Waals surface area (Å²) in [5.41, 5.74) is 1.90. The third-order valence-electron chi connectivity index (χ3n) is 5.53. The molecule has 31 heavy (non-hydrogen) atoms. The molecule has 1 aliphatic rings. The van der Waals surface area contributed by atoms with Crippen molar-refractivity contribution in [3.05, 3.63) is 62.2 Å². The van der Waals surface area contributed by atoms with Gasteiger partial charge in [-0.05, 0) is 23.9 Å². The smallest absolute Gasteiger partial charge is 0.291 e. The first-order valence-corrected chi connectivity index (χ1v) is 12.3. The molecule has 0 saturated carbocycles. The van der Waals surface area contributed by atoms with Gasteiger partial charge in [-0.2, -0.15) is 9.50 Å². The minimum Gasteiger partial charge on any atom is -0.308 e. The van der Waals surface area contributed by atoms with Crippen molar-refractivity contribution in [2.45, 2.75) is 39.0 Å². The highest BCUT2D eigenvalue weighted by atomic mass is 32.1. The molecule has 0 saturated heterocycles. The van der Waals surface area contributed by atoms with Gasteiger partial charge in [0.1, 0.15) is 4.53 Å². The summed E-state index contributed by atoms with van der Waals surface area (Å²) in [6, 6.07) is 11.6. The number of aromatic nitrogens is 3. The zero-order valence-electron chi connectivity index (χ0n) is 17.2. The molecule has 0 N–H and O–H groups in total. The molecule has 0 radical (unpaired) electrons. The lowest BCUT2D eigenvalue weighted by atomic mass is 10.1. The van der Waals surface area contributed by atoms with Crippen LogP contribution in [0.5, 0.6) is 0 Å². The largest absolute Gasteiger partial charge is 0.308 e. The molecule has 0 bridgehead atoms. The van der Waals surface area contributed by atoms with E-state index in [1.807, 2.05) is 46.7 Å². The molecular formula is C23H22N4O2S2. The standard InChI is InChI=1S/C23H22N4O2S2/c1-2-3-4-5-8-13-26-16-11-7-6-10-15(16)18(21(26)28)19-22(29)27-23(31-19)24-20(25-27)17-12-9-14-30-17/h6-7,9-12,14H,2-5,8,13H2,1H3/b19-18-. The number of rotatable bonds is 7. The van der Waals surface area contributed by atoms with Gasteiger partial charge in [-0.1, -0.05) is 68.2 Å². The molecule has 0 spiro atoms. The first kappa shape index (κ1) is 20.1. The molecule has 0 aliphatic carbocycles. The number of thiophene rings is 1. The molecule has 0 fully saturated rings. The van der Waals surface area contributed by atoms with Gasteiger partial charge in [-0.25, -0.2) is 0 Å². The fraction of sp³-hybridized carbons (Fsp3) is 0.304. The molecule has 158 valence electrons. The van der Waals surface area contributed by atoms with Crippen LogP contribution in [0.2, 0.25) is 0 Å². The highest BCUT2D eigenvalue weighted by Crippen LogP contribution is 2.35. The topological polar surface area (TPSA) is 67.6 Å². The normalized spacial score (nSPS) is 15.3. The van der Waals surface area contributed by atoms with Crippen molar-refractivity contribution in [3.63, 3.8) is 0 Å². The van der Waals surface area contributed by atoms with Crippen molar-refractivity contribution >= 4 is 44.8 Å². The van der Waals surface area contributed by atoms with Gasteiger partial charge in [0, 0.05) is 12.1 Å². The van der Waals surface area contributed by atoms with Crippen LogP contribution in [-0.2, 0) is 4.79 Å². The van der Waals surface area contributed by atoms with Crippen LogP contribution in [0, 0.1) is 0 Å². The number of benzene rings is 1. The van der Waals surface area contributed by atoms with E-state index in [0.29, 0.717) is 27.4 Å². The van der Waals surface area contributed by atoms with Crippen molar-refractivity contribution in [2.75, 3.05) is 11.4 Å². The zero-order valence-corrected chi connectivity index (χ0v) is 18.8. The lowest BCUT2D eigenvalue weighted by molar-refractivity contribution is -0.113. The van der Waals surface area contributed by atoms with Crippen LogP contribution in [0.15, 0.2) is 46.6 Å². The highest BCUT2D eigenvalue weighted by molar-refractivity contribution is 7.15. The second-order valence-electron chi connectivity index (χ2n) is 7.61. The van der Waals surface area contributed by atoms with Gasteiger partial charge in [0.05, 0.1) is 16.1 Å². The maximum Gasteiger partial charge on any atom is 0.291 e. The van der Waals surface area contributed by atoms with E-state index in [-0.39, 0.29) is 11.5 Å². The van der Waals surface area contributed by atoms with E-state index < -0.39 is 0 Å². The van der Waals surface area contributed by atoms with E-state index in [0.717, 1.165) is 29.0 Å². The van der Waals surface area contributed by atoms with Gasteiger partial charge < -0.3 is 4.90 Å². The number of unbranched alkanes of at least 4 members (excludes halogenated alkanes) is 4. The summed E-state index contributed by atoms with van der Waals surface area (Å²) in [5.74, 6) is 0.443. The third kappa shape index (κ3) is 3.49. The Labute approximate surface area is 187 Å². The molecular weight excluding hydrogens is 428 g/mol. The number of carbonyl (C=O) groups excluding carboxylic acids is 1. The van der Waals surface area contributed by atoms with Gasteiger partial charge in [0.15, 0.2) is 5.82 Å². The minimum absolute atomic E-state index is 0.100. The third-order valence-corrected chi connectivity index (χ3v) is 7.43. The monoisotopic (exact) mass is 450 g/mol. The van der Waals surface area contributed by atoms with Gasteiger partial charge in [0.2, 0.25) is 4.96 Å². The number of fused-ring (bicyclic) bond motifs is 2. The summed E-state index contributed by atoms with van der Waals surface area (Å²) in [5, 5.41) is 6.35. The quantitative estimate of drug-likeness (QED) is 0.397. The number of nitrogens with zero attached hydrogens (tertiary/aromatic N) is 4. The number of thiazole rings is 1. The molecule has 0 atom stereocenters. The Hall–Kier alpha value is -2.84. The number of amides is 1. The van der Waals surface area contributed by atoms with Crippen molar-refractivity contribution in [1.82, 2.24) is 14.6 Å². The Bertz CT molecular complexity index is 1350. The number of para-hydroxylation sites is 1. The van der Waals surface area contributed by atoms with Gasteiger partial charge >= 0.3 is 0 Å². The molecule has 4 aromatic rings. The van der Waals surface area contributed by atoms with E-state index >= 15 is 0 Å². The Morgan fingerprint density at radius 2 is 1.84 bits per heavy atom. The van der Waals surface area contributed by atoms with Crippen molar-refractivity contribution < 1.29 is 4.79 Å². The maximum atomic E-state index is 13.4. The van der Waals surface area contributed by atoms with Crippen LogP contribution in [-0.4, -0.2) is 27.0 Å². The van der Waals surface area contributed by atoms with Crippen LogP contribution in [0.4, 0.5) is 5.69 Å². The van der Waals surface area contributed by atoms with Crippen molar-refractivity contribution in [1.29, 1.82) is 0 Å². The van der Waals surface area contributed by atoms with Crippen molar-refractivity contribution in [3.8, 4) is 10.7 Å². The molecule has 1 amide bonds. The van der Waals surface area contributed by atoms with Gasteiger partial charge in [0.25, 0.3) is 11.5 Å². The van der Waals surface area contributed by atoms with E-state index in [9.17, 15) is 9.59 Å². The molecule has 0 unspecified atom stereocenters. The van der Waals surface area contributed by atoms with Gasteiger partial charge in [-0.3, -0.25) is 9.59 Å². The van der Waals surface area contributed by atoms with Crippen LogP contribution in [0.1, 0.15) is 44.6 Å². The molecule has 1 aliphatic heterocycles. The summed E-state index contributed by atoms with van der Waals surface area (Å²) in [7, 11) is 0. The number of anilines is 1. The summed E-state index contributed by atoms with van der Waals surface area (Å²) in [6.07, 6.45) is 5.65. The first-order valence-electron chi connectivity index (χ1n) is 10.6. The summed E-state index contributed by atoms with van der Waals surface area (Å²) in [6.45, 7) is 2.86. The molecule has 1 aromatic carbocycles. The van der Waals surface area contributed by atoms with E-state index in [2.05, 4.69) is 17.0 Å². The predicted octanol–water partition coefficient (Wildman–Crippen LogP) is 4.11. The predicted molar refractivity (Wildman–Crippen MR) is 126 cm³/mol.